The number of carbonyl (C=O) groups is 1. The topological polar surface area (TPSA) is 63.2 Å². The molecule has 0 amide bonds. The highest BCUT2D eigenvalue weighted by Gasteiger charge is 2.17. The van der Waals surface area contributed by atoms with Crippen molar-refractivity contribution in [2.75, 3.05) is 20.8 Å². The van der Waals surface area contributed by atoms with E-state index in [1.54, 1.807) is 14.2 Å². The van der Waals surface area contributed by atoms with Gasteiger partial charge in [0, 0.05) is 0 Å². The second-order valence-corrected chi connectivity index (χ2v) is 7.35. The molecule has 6 nitrogen and oxygen atoms in total. The van der Waals surface area contributed by atoms with E-state index < -0.39 is 0 Å². The van der Waals surface area contributed by atoms with Gasteiger partial charge in [0.05, 0.1) is 52.7 Å². The number of benzene rings is 2. The van der Waals surface area contributed by atoms with E-state index >= 15 is 0 Å². The number of hydrogen-bond acceptors (Lipinski definition) is 6. The number of hydrogen-bond donors (Lipinski definition) is 0. The zero-order valence-electron chi connectivity index (χ0n) is 18.1. The van der Waals surface area contributed by atoms with Crippen LogP contribution in [0.1, 0.15) is 30.4 Å². The Balaban J connectivity index is 1.58. The van der Waals surface area contributed by atoms with E-state index in [-0.39, 0.29) is 24.6 Å². The summed E-state index contributed by atoms with van der Waals surface area (Å²) >= 11 is 0. The van der Waals surface area contributed by atoms with Crippen molar-refractivity contribution in [3.05, 3.63) is 71.8 Å². The summed E-state index contributed by atoms with van der Waals surface area (Å²) in [5.41, 5.74) is 2.08. The maximum Gasteiger partial charge on any atom is 0.308 e. The van der Waals surface area contributed by atoms with E-state index in [1.165, 1.54) is 0 Å². The molecule has 0 saturated heterocycles. The molecule has 0 unspecified atom stereocenters. The fourth-order valence-corrected chi connectivity index (χ4v) is 3.21. The first kappa shape index (κ1) is 22.8. The first-order valence-corrected chi connectivity index (χ1v) is 10.5. The molecule has 0 aromatic heterocycles. The van der Waals surface area contributed by atoms with Gasteiger partial charge in [0.15, 0.2) is 0 Å². The maximum absolute atomic E-state index is 12.1. The lowest BCUT2D eigenvalue weighted by molar-refractivity contribution is -0.146. The van der Waals surface area contributed by atoms with Crippen LogP contribution in [0.5, 0.6) is 11.5 Å². The molecule has 2 aromatic rings. The quantitative estimate of drug-likeness (QED) is 0.459. The molecule has 0 saturated carbocycles. The maximum atomic E-state index is 12.1. The Kier molecular flexibility index (Phi) is 8.94. The summed E-state index contributed by atoms with van der Waals surface area (Å²) in [5, 5.41) is 0. The molecule has 0 fully saturated rings. The zero-order chi connectivity index (χ0) is 21.9. The molecule has 1 aliphatic rings. The molecule has 0 aliphatic carbocycles. The Bertz CT molecular complexity index is 828. The van der Waals surface area contributed by atoms with Crippen molar-refractivity contribution < 1.29 is 28.5 Å². The largest absolute Gasteiger partial charge is 0.497 e. The Morgan fingerprint density at radius 1 is 0.806 bits per heavy atom. The minimum atomic E-state index is -0.375. The molecule has 6 heteroatoms. The number of cyclic esters (lactones) is 1. The average Bonchev–Trinajstić information content (AvgIpc) is 2.81. The van der Waals surface area contributed by atoms with Crippen LogP contribution in [0.25, 0.3) is 0 Å². The van der Waals surface area contributed by atoms with Crippen LogP contribution in [0.4, 0.5) is 0 Å². The molecule has 31 heavy (non-hydrogen) atoms. The Morgan fingerprint density at radius 2 is 1.32 bits per heavy atom. The Morgan fingerprint density at radius 3 is 1.87 bits per heavy atom. The van der Waals surface area contributed by atoms with Crippen LogP contribution < -0.4 is 9.47 Å². The van der Waals surface area contributed by atoms with Crippen molar-refractivity contribution in [2.24, 2.45) is 0 Å². The standard InChI is InChI=1S/C25H30O6/c1-27-21-9-5-19(6-10-21)17-30-23-4-3-15-29-25(26)16-24(14-13-23)31-18-20-7-11-22(28-2)12-8-20/h5-14,23-24H,3-4,15-18H2,1-2H3/b14-13+/t23-,24-/m1/s1. The lowest BCUT2D eigenvalue weighted by atomic mass is 10.1. The van der Waals surface area contributed by atoms with Crippen LogP contribution in [0.2, 0.25) is 0 Å². The van der Waals surface area contributed by atoms with Gasteiger partial charge >= 0.3 is 5.97 Å². The summed E-state index contributed by atoms with van der Waals surface area (Å²) in [5.74, 6) is 1.37. The molecule has 1 heterocycles. The van der Waals surface area contributed by atoms with Crippen LogP contribution in [-0.4, -0.2) is 39.0 Å². The molecule has 2 atom stereocenters. The summed E-state index contributed by atoms with van der Waals surface area (Å²) in [6.45, 7) is 1.28. The van der Waals surface area contributed by atoms with Gasteiger partial charge in [-0.2, -0.15) is 0 Å². The van der Waals surface area contributed by atoms with Gasteiger partial charge in [0.25, 0.3) is 0 Å². The molecule has 0 N–H and O–H groups in total. The van der Waals surface area contributed by atoms with Gasteiger partial charge in [-0.3, -0.25) is 4.79 Å². The van der Waals surface area contributed by atoms with Gasteiger partial charge in [-0.1, -0.05) is 36.4 Å². The molecule has 1 aliphatic heterocycles. The smallest absolute Gasteiger partial charge is 0.308 e. The molecule has 0 spiro atoms. The average molecular weight is 427 g/mol. The zero-order valence-corrected chi connectivity index (χ0v) is 18.1. The minimum absolute atomic E-state index is 0.0778. The minimum Gasteiger partial charge on any atom is -0.497 e. The molecule has 166 valence electrons. The van der Waals surface area contributed by atoms with Crippen molar-refractivity contribution in [1.29, 1.82) is 0 Å². The van der Waals surface area contributed by atoms with E-state index in [9.17, 15) is 4.79 Å². The first-order valence-electron chi connectivity index (χ1n) is 10.5. The van der Waals surface area contributed by atoms with E-state index in [2.05, 4.69) is 0 Å². The predicted octanol–water partition coefficient (Wildman–Crippen LogP) is 4.46. The van der Waals surface area contributed by atoms with E-state index in [1.807, 2.05) is 60.7 Å². The van der Waals surface area contributed by atoms with E-state index in [0.717, 1.165) is 35.5 Å². The molecule has 3 rings (SSSR count). The highest BCUT2D eigenvalue weighted by molar-refractivity contribution is 5.70. The summed E-state index contributed by atoms with van der Waals surface area (Å²) in [6.07, 6.45) is 5.16. The third kappa shape index (κ3) is 7.74. The third-order valence-electron chi connectivity index (χ3n) is 5.05. The lowest BCUT2D eigenvalue weighted by Gasteiger charge is -2.19. The first-order chi connectivity index (χ1) is 15.2. The fraction of sp³-hybridized carbons (Fsp3) is 0.400. The van der Waals surface area contributed by atoms with Crippen molar-refractivity contribution in [2.45, 2.75) is 44.7 Å². The second kappa shape index (κ2) is 12.1. The SMILES string of the molecule is COc1ccc(CO[C@@H]2/C=C/[C@H](OCc3ccc(OC)cc3)CCCOC(=O)C2)cc1. The number of methoxy groups -OCH3 is 2. The predicted molar refractivity (Wildman–Crippen MR) is 117 cm³/mol. The molecule has 0 radical (unpaired) electrons. The third-order valence-corrected chi connectivity index (χ3v) is 5.05. The van der Waals surface area contributed by atoms with Crippen molar-refractivity contribution in [3.8, 4) is 11.5 Å². The van der Waals surface area contributed by atoms with Gasteiger partial charge in [0.1, 0.15) is 11.5 Å². The highest BCUT2D eigenvalue weighted by Crippen LogP contribution is 2.17. The number of ether oxygens (including phenoxy) is 5. The van der Waals surface area contributed by atoms with Gasteiger partial charge < -0.3 is 23.7 Å². The van der Waals surface area contributed by atoms with E-state index in [0.29, 0.717) is 19.8 Å². The Labute approximate surface area is 183 Å². The molecule has 2 aromatic carbocycles. The van der Waals surface area contributed by atoms with Crippen LogP contribution in [-0.2, 0) is 32.2 Å². The van der Waals surface area contributed by atoms with Crippen molar-refractivity contribution >= 4 is 5.97 Å². The number of rotatable bonds is 8. The summed E-state index contributed by atoms with van der Waals surface area (Å²) in [6, 6.07) is 15.5. The lowest BCUT2D eigenvalue weighted by Crippen LogP contribution is -2.21. The molecular weight excluding hydrogens is 396 g/mol. The summed E-state index contributed by atoms with van der Waals surface area (Å²) in [7, 11) is 3.28. The summed E-state index contributed by atoms with van der Waals surface area (Å²) < 4.78 is 27.8. The van der Waals surface area contributed by atoms with Crippen LogP contribution in [0.15, 0.2) is 60.7 Å². The van der Waals surface area contributed by atoms with E-state index in [4.69, 9.17) is 23.7 Å². The number of esters is 1. The molecular formula is C25H30O6. The monoisotopic (exact) mass is 426 g/mol. The van der Waals surface area contributed by atoms with Crippen LogP contribution in [0.3, 0.4) is 0 Å². The van der Waals surface area contributed by atoms with Crippen LogP contribution >= 0.6 is 0 Å². The molecule has 0 bridgehead atoms. The van der Waals surface area contributed by atoms with Gasteiger partial charge in [-0.05, 0) is 48.2 Å². The highest BCUT2D eigenvalue weighted by atomic mass is 16.5. The normalized spacial score (nSPS) is 20.5. The van der Waals surface area contributed by atoms with Crippen LogP contribution in [0, 0.1) is 0 Å². The number of carbonyl (C=O) groups excluding carboxylic acids is 1. The van der Waals surface area contributed by atoms with Crippen molar-refractivity contribution in [1.82, 2.24) is 0 Å². The second-order valence-electron chi connectivity index (χ2n) is 7.35. The Hall–Kier alpha value is -2.83. The van der Waals surface area contributed by atoms with Crippen molar-refractivity contribution in [3.63, 3.8) is 0 Å². The summed E-state index contributed by atoms with van der Waals surface area (Å²) in [4.78, 5) is 12.1. The van der Waals surface area contributed by atoms with Gasteiger partial charge in [0.2, 0.25) is 0 Å². The van der Waals surface area contributed by atoms with Gasteiger partial charge in [-0.25, -0.2) is 0 Å². The fourth-order valence-electron chi connectivity index (χ4n) is 3.21. The van der Waals surface area contributed by atoms with Gasteiger partial charge in [-0.15, -0.1) is 0 Å².